The molecule has 1 atom stereocenters. The molecule has 0 saturated heterocycles. The summed E-state index contributed by atoms with van der Waals surface area (Å²) in [7, 11) is 1.63. The van der Waals surface area contributed by atoms with Crippen molar-refractivity contribution in [2.24, 2.45) is 0 Å². The molecule has 0 aliphatic carbocycles. The number of hydrogen-bond donors (Lipinski definition) is 1. The first-order valence-corrected chi connectivity index (χ1v) is 11.4. The molecule has 0 spiro atoms. The van der Waals surface area contributed by atoms with Crippen molar-refractivity contribution >= 4 is 40.2 Å². The van der Waals surface area contributed by atoms with Crippen molar-refractivity contribution in [3.05, 3.63) is 69.5 Å². The van der Waals surface area contributed by atoms with E-state index in [2.05, 4.69) is 10.3 Å². The van der Waals surface area contributed by atoms with Gasteiger partial charge in [-0.1, -0.05) is 53.7 Å². The number of nitrogens with one attached hydrogen (secondary N) is 1. The zero-order valence-corrected chi connectivity index (χ0v) is 19.2. The van der Waals surface area contributed by atoms with E-state index in [-0.39, 0.29) is 11.5 Å². The summed E-state index contributed by atoms with van der Waals surface area (Å²) in [6.07, 6.45) is 1.43. The van der Waals surface area contributed by atoms with Crippen LogP contribution in [0.25, 0.3) is 10.9 Å². The summed E-state index contributed by atoms with van der Waals surface area (Å²) >= 11 is 7.37. The predicted molar refractivity (Wildman–Crippen MR) is 126 cm³/mol. The first-order valence-electron chi connectivity index (χ1n) is 10.2. The van der Waals surface area contributed by atoms with E-state index in [0.29, 0.717) is 47.2 Å². The van der Waals surface area contributed by atoms with E-state index in [1.54, 1.807) is 29.9 Å². The van der Waals surface area contributed by atoms with Gasteiger partial charge in [0.2, 0.25) is 5.91 Å². The Morgan fingerprint density at radius 2 is 2.03 bits per heavy atom. The number of fused-ring (bicyclic) bond motifs is 1. The second kappa shape index (κ2) is 11.3. The van der Waals surface area contributed by atoms with Gasteiger partial charge >= 0.3 is 0 Å². The Hall–Kier alpha value is -2.35. The lowest BCUT2D eigenvalue weighted by atomic mass is 10.1. The van der Waals surface area contributed by atoms with Gasteiger partial charge in [0.1, 0.15) is 0 Å². The molecule has 1 N–H and O–H groups in total. The average molecular weight is 460 g/mol. The van der Waals surface area contributed by atoms with Gasteiger partial charge in [-0.2, -0.15) is 0 Å². The molecule has 1 aromatic heterocycles. The van der Waals surface area contributed by atoms with Gasteiger partial charge in [0.25, 0.3) is 5.56 Å². The molecule has 1 heterocycles. The number of benzene rings is 2. The minimum absolute atomic E-state index is 0.0928. The quantitative estimate of drug-likeness (QED) is 0.282. The molecular formula is C23H26ClN3O3S. The summed E-state index contributed by atoms with van der Waals surface area (Å²) in [6, 6.07) is 15.0. The van der Waals surface area contributed by atoms with Gasteiger partial charge in [-0.3, -0.25) is 14.2 Å². The van der Waals surface area contributed by atoms with E-state index in [1.807, 2.05) is 37.3 Å². The smallest absolute Gasteiger partial charge is 0.262 e. The SMILES string of the molecule is COCCCn1c(SC(C)C(=O)NCCc2ccccc2)nc2cc(Cl)ccc2c1=O. The van der Waals surface area contributed by atoms with Crippen LogP contribution in [0.15, 0.2) is 58.5 Å². The normalized spacial score (nSPS) is 12.1. The summed E-state index contributed by atoms with van der Waals surface area (Å²) in [4.78, 5) is 30.3. The van der Waals surface area contributed by atoms with Gasteiger partial charge in [0, 0.05) is 31.8 Å². The third-order valence-corrected chi connectivity index (χ3v) is 6.14. The van der Waals surface area contributed by atoms with E-state index in [9.17, 15) is 9.59 Å². The third kappa shape index (κ3) is 6.32. The van der Waals surface area contributed by atoms with Crippen LogP contribution < -0.4 is 10.9 Å². The summed E-state index contributed by atoms with van der Waals surface area (Å²) in [5.41, 5.74) is 1.56. The third-order valence-electron chi connectivity index (χ3n) is 4.82. The van der Waals surface area contributed by atoms with Gasteiger partial charge in [-0.15, -0.1) is 0 Å². The lowest BCUT2D eigenvalue weighted by molar-refractivity contribution is -0.120. The molecule has 0 radical (unpaired) electrons. The Kier molecular flexibility index (Phi) is 8.51. The first-order chi connectivity index (χ1) is 15.0. The minimum atomic E-state index is -0.409. The fourth-order valence-electron chi connectivity index (χ4n) is 3.16. The maximum absolute atomic E-state index is 13.1. The lowest BCUT2D eigenvalue weighted by Crippen LogP contribution is -2.33. The van der Waals surface area contributed by atoms with Crippen LogP contribution >= 0.6 is 23.4 Å². The van der Waals surface area contributed by atoms with Crippen molar-refractivity contribution in [3.8, 4) is 0 Å². The van der Waals surface area contributed by atoms with Crippen molar-refractivity contribution < 1.29 is 9.53 Å². The summed E-state index contributed by atoms with van der Waals surface area (Å²) in [5.74, 6) is -0.0928. The Morgan fingerprint density at radius 3 is 2.77 bits per heavy atom. The number of hydrogen-bond acceptors (Lipinski definition) is 5. The largest absolute Gasteiger partial charge is 0.385 e. The molecule has 3 aromatic rings. The van der Waals surface area contributed by atoms with Crippen molar-refractivity contribution in [2.75, 3.05) is 20.3 Å². The zero-order chi connectivity index (χ0) is 22.2. The van der Waals surface area contributed by atoms with Crippen LogP contribution in [0.5, 0.6) is 0 Å². The topological polar surface area (TPSA) is 73.2 Å². The number of ether oxygens (including phenoxy) is 1. The average Bonchev–Trinajstić information content (AvgIpc) is 2.76. The number of rotatable bonds is 10. The van der Waals surface area contributed by atoms with E-state index < -0.39 is 5.25 Å². The molecule has 31 heavy (non-hydrogen) atoms. The number of carbonyl (C=O) groups is 1. The lowest BCUT2D eigenvalue weighted by Gasteiger charge is -2.16. The number of halogens is 1. The second-order valence-electron chi connectivity index (χ2n) is 7.15. The van der Waals surface area contributed by atoms with E-state index in [0.717, 1.165) is 6.42 Å². The molecule has 2 aromatic carbocycles. The Bertz CT molecular complexity index is 1090. The van der Waals surface area contributed by atoms with Gasteiger partial charge in [0.15, 0.2) is 5.16 Å². The molecule has 8 heteroatoms. The number of nitrogens with zero attached hydrogens (tertiary/aromatic N) is 2. The van der Waals surface area contributed by atoms with Gasteiger partial charge in [-0.25, -0.2) is 4.98 Å². The van der Waals surface area contributed by atoms with Crippen LogP contribution in [0.4, 0.5) is 0 Å². The maximum atomic E-state index is 13.1. The van der Waals surface area contributed by atoms with Crippen LogP contribution in [0, 0.1) is 0 Å². The predicted octanol–water partition coefficient (Wildman–Crippen LogP) is 3.93. The molecule has 0 saturated carbocycles. The highest BCUT2D eigenvalue weighted by atomic mass is 35.5. The number of aromatic nitrogens is 2. The molecule has 3 rings (SSSR count). The molecular weight excluding hydrogens is 434 g/mol. The molecule has 164 valence electrons. The summed E-state index contributed by atoms with van der Waals surface area (Å²) in [6.45, 7) is 3.36. The standard InChI is InChI=1S/C23H26ClN3O3S/c1-16(21(28)25-12-11-17-7-4-3-5-8-17)31-23-26-20-15-18(24)9-10-19(20)22(29)27(23)13-6-14-30-2/h3-5,7-10,15-16H,6,11-14H2,1-2H3,(H,25,28). The number of methoxy groups -OCH3 is 1. The van der Waals surface area contributed by atoms with Crippen LogP contribution in [0.1, 0.15) is 18.9 Å². The highest BCUT2D eigenvalue weighted by Crippen LogP contribution is 2.24. The Balaban J connectivity index is 1.75. The van der Waals surface area contributed by atoms with Crippen LogP contribution in [-0.4, -0.2) is 41.0 Å². The van der Waals surface area contributed by atoms with Crippen molar-refractivity contribution in [1.29, 1.82) is 0 Å². The molecule has 0 fully saturated rings. The van der Waals surface area contributed by atoms with Gasteiger partial charge in [0.05, 0.1) is 16.2 Å². The second-order valence-corrected chi connectivity index (χ2v) is 8.89. The number of amides is 1. The van der Waals surface area contributed by atoms with Crippen molar-refractivity contribution in [2.45, 2.75) is 36.7 Å². The highest BCUT2D eigenvalue weighted by molar-refractivity contribution is 8.00. The Labute approximate surface area is 191 Å². The summed E-state index contributed by atoms with van der Waals surface area (Å²) in [5, 5.41) is 4.08. The van der Waals surface area contributed by atoms with E-state index in [1.165, 1.54) is 17.3 Å². The number of thioether (sulfide) groups is 1. The van der Waals surface area contributed by atoms with Crippen molar-refractivity contribution in [3.63, 3.8) is 0 Å². The molecule has 1 amide bonds. The molecule has 6 nitrogen and oxygen atoms in total. The fraction of sp³-hybridized carbons (Fsp3) is 0.348. The van der Waals surface area contributed by atoms with Crippen LogP contribution in [0.3, 0.4) is 0 Å². The van der Waals surface area contributed by atoms with Gasteiger partial charge in [-0.05, 0) is 43.5 Å². The highest BCUT2D eigenvalue weighted by Gasteiger charge is 2.19. The molecule has 0 bridgehead atoms. The summed E-state index contributed by atoms with van der Waals surface area (Å²) < 4.78 is 6.74. The molecule has 0 aliphatic rings. The monoisotopic (exact) mass is 459 g/mol. The van der Waals surface area contributed by atoms with Gasteiger partial charge < -0.3 is 10.1 Å². The van der Waals surface area contributed by atoms with E-state index >= 15 is 0 Å². The maximum Gasteiger partial charge on any atom is 0.262 e. The fourth-order valence-corrected chi connectivity index (χ4v) is 4.28. The number of carbonyl (C=O) groups excluding carboxylic acids is 1. The van der Waals surface area contributed by atoms with E-state index in [4.69, 9.17) is 16.3 Å². The first kappa shape index (κ1) is 23.3. The van der Waals surface area contributed by atoms with Crippen molar-refractivity contribution in [1.82, 2.24) is 14.9 Å². The minimum Gasteiger partial charge on any atom is -0.385 e. The molecule has 0 aliphatic heterocycles. The molecule has 1 unspecified atom stereocenters. The van der Waals surface area contributed by atoms with Crippen LogP contribution in [0.2, 0.25) is 5.02 Å². The Morgan fingerprint density at radius 1 is 1.26 bits per heavy atom. The van der Waals surface area contributed by atoms with Crippen LogP contribution in [-0.2, 0) is 22.5 Å². The zero-order valence-electron chi connectivity index (χ0n) is 17.6.